The van der Waals surface area contributed by atoms with Crippen molar-refractivity contribution in [1.29, 1.82) is 0 Å². The van der Waals surface area contributed by atoms with E-state index in [4.69, 9.17) is 10.5 Å². The number of nitrogens with zero attached hydrogens (tertiary/aromatic N) is 1. The van der Waals surface area contributed by atoms with Gasteiger partial charge in [0.05, 0.1) is 10.5 Å². The predicted molar refractivity (Wildman–Crippen MR) is 119 cm³/mol. The number of anilines is 2. The highest BCUT2D eigenvalue weighted by molar-refractivity contribution is 9.10. The number of hydrogen-bond acceptors (Lipinski definition) is 6. The minimum absolute atomic E-state index is 0.114. The minimum atomic E-state index is -3.68. The molecular formula is C20H24BrN3O5S. The summed E-state index contributed by atoms with van der Waals surface area (Å²) in [6.07, 6.45) is 0. The van der Waals surface area contributed by atoms with Gasteiger partial charge in [-0.25, -0.2) is 13.2 Å². The first kappa shape index (κ1) is 23.8. The van der Waals surface area contributed by atoms with E-state index in [0.717, 1.165) is 0 Å². The van der Waals surface area contributed by atoms with Crippen molar-refractivity contribution in [3.63, 3.8) is 0 Å². The van der Waals surface area contributed by atoms with E-state index in [-0.39, 0.29) is 21.8 Å². The Labute approximate surface area is 184 Å². The molecule has 0 aliphatic heterocycles. The summed E-state index contributed by atoms with van der Waals surface area (Å²) in [5.41, 5.74) is 6.98. The lowest BCUT2D eigenvalue weighted by atomic mass is 10.2. The maximum absolute atomic E-state index is 12.8. The maximum atomic E-state index is 12.8. The number of benzene rings is 2. The van der Waals surface area contributed by atoms with Gasteiger partial charge < -0.3 is 15.8 Å². The van der Waals surface area contributed by atoms with E-state index < -0.39 is 28.5 Å². The van der Waals surface area contributed by atoms with E-state index in [0.29, 0.717) is 23.1 Å². The number of carbonyl (C=O) groups excluding carboxylic acids is 2. The molecule has 0 spiro atoms. The van der Waals surface area contributed by atoms with Crippen molar-refractivity contribution >= 4 is 49.2 Å². The molecular weight excluding hydrogens is 474 g/mol. The standard InChI is InChI=1S/C20H24BrN3O5S/c1-4-24(5-2)30(27,28)18-11-15(8-6-13(18)3)23-19(25)12-29-20(26)16-10-14(21)7-9-17(16)22/h6-11H,4-5,12,22H2,1-3H3,(H,23,25). The van der Waals surface area contributed by atoms with Crippen LogP contribution in [0.15, 0.2) is 45.8 Å². The summed E-state index contributed by atoms with van der Waals surface area (Å²) in [5, 5.41) is 2.55. The Morgan fingerprint density at radius 3 is 2.43 bits per heavy atom. The van der Waals surface area contributed by atoms with Crippen molar-refractivity contribution in [1.82, 2.24) is 4.31 Å². The number of carbonyl (C=O) groups is 2. The topological polar surface area (TPSA) is 119 Å². The van der Waals surface area contributed by atoms with Gasteiger partial charge in [0, 0.05) is 28.9 Å². The Morgan fingerprint density at radius 1 is 1.13 bits per heavy atom. The lowest BCUT2D eigenvalue weighted by Gasteiger charge is -2.20. The fourth-order valence-corrected chi connectivity index (χ4v) is 4.84. The van der Waals surface area contributed by atoms with Gasteiger partial charge >= 0.3 is 5.97 Å². The molecule has 10 heteroatoms. The molecule has 0 unspecified atom stereocenters. The third-order valence-corrected chi connectivity index (χ3v) is 7.05. The van der Waals surface area contributed by atoms with Gasteiger partial charge in [-0.05, 0) is 42.8 Å². The van der Waals surface area contributed by atoms with E-state index >= 15 is 0 Å². The molecule has 0 aliphatic carbocycles. The molecule has 0 saturated heterocycles. The van der Waals surface area contributed by atoms with Crippen LogP contribution >= 0.6 is 15.9 Å². The van der Waals surface area contributed by atoms with E-state index in [1.54, 1.807) is 45.0 Å². The van der Waals surface area contributed by atoms with Crippen LogP contribution in [0.4, 0.5) is 11.4 Å². The summed E-state index contributed by atoms with van der Waals surface area (Å²) >= 11 is 3.24. The smallest absolute Gasteiger partial charge is 0.340 e. The van der Waals surface area contributed by atoms with E-state index in [1.165, 1.54) is 16.4 Å². The summed E-state index contributed by atoms with van der Waals surface area (Å²) < 4.78 is 32.6. The first-order valence-electron chi connectivity index (χ1n) is 9.23. The second-order valence-corrected chi connectivity index (χ2v) is 9.25. The van der Waals surface area contributed by atoms with Crippen molar-refractivity contribution in [2.45, 2.75) is 25.7 Å². The van der Waals surface area contributed by atoms with Gasteiger partial charge in [0.25, 0.3) is 5.91 Å². The Bertz CT molecular complexity index is 1050. The van der Waals surface area contributed by atoms with Crippen LogP contribution in [0.1, 0.15) is 29.8 Å². The highest BCUT2D eigenvalue weighted by Crippen LogP contribution is 2.24. The molecule has 0 bridgehead atoms. The molecule has 0 saturated carbocycles. The Balaban J connectivity index is 2.10. The number of halogens is 1. The summed E-state index contributed by atoms with van der Waals surface area (Å²) in [6.45, 7) is 5.33. The summed E-state index contributed by atoms with van der Waals surface area (Å²) in [6, 6.07) is 9.32. The van der Waals surface area contributed by atoms with Gasteiger partial charge in [0.15, 0.2) is 6.61 Å². The number of nitrogen functional groups attached to an aromatic ring is 1. The van der Waals surface area contributed by atoms with Crippen LogP contribution in [0.25, 0.3) is 0 Å². The Kier molecular flexibility index (Phi) is 7.99. The van der Waals surface area contributed by atoms with Crippen LogP contribution in [0.5, 0.6) is 0 Å². The molecule has 162 valence electrons. The largest absolute Gasteiger partial charge is 0.452 e. The van der Waals surface area contributed by atoms with E-state index in [9.17, 15) is 18.0 Å². The molecule has 0 fully saturated rings. The van der Waals surface area contributed by atoms with Gasteiger partial charge in [0.2, 0.25) is 10.0 Å². The highest BCUT2D eigenvalue weighted by atomic mass is 79.9. The number of nitrogens with one attached hydrogen (secondary N) is 1. The lowest BCUT2D eigenvalue weighted by molar-refractivity contribution is -0.119. The number of esters is 1. The van der Waals surface area contributed by atoms with Crippen molar-refractivity contribution in [2.75, 3.05) is 30.7 Å². The van der Waals surface area contributed by atoms with Gasteiger partial charge in [-0.3, -0.25) is 4.79 Å². The minimum Gasteiger partial charge on any atom is -0.452 e. The van der Waals surface area contributed by atoms with Crippen LogP contribution in [0.3, 0.4) is 0 Å². The molecule has 0 radical (unpaired) electrons. The molecule has 30 heavy (non-hydrogen) atoms. The van der Waals surface area contributed by atoms with Crippen molar-refractivity contribution < 1.29 is 22.7 Å². The second-order valence-electron chi connectivity index (χ2n) is 6.43. The van der Waals surface area contributed by atoms with Crippen LogP contribution < -0.4 is 11.1 Å². The normalized spacial score (nSPS) is 11.4. The number of sulfonamides is 1. The molecule has 0 aromatic heterocycles. The van der Waals surface area contributed by atoms with Crippen LogP contribution in [-0.4, -0.2) is 44.3 Å². The van der Waals surface area contributed by atoms with E-state index in [1.807, 2.05) is 0 Å². The Hall–Kier alpha value is -2.43. The first-order valence-corrected chi connectivity index (χ1v) is 11.5. The number of hydrogen-bond donors (Lipinski definition) is 2. The zero-order chi connectivity index (χ0) is 22.5. The SMILES string of the molecule is CCN(CC)S(=O)(=O)c1cc(NC(=O)COC(=O)c2cc(Br)ccc2N)ccc1C. The summed E-state index contributed by atoms with van der Waals surface area (Å²) in [4.78, 5) is 24.5. The molecule has 0 aliphatic rings. The molecule has 8 nitrogen and oxygen atoms in total. The van der Waals surface area contributed by atoms with Gasteiger partial charge in [-0.2, -0.15) is 4.31 Å². The molecule has 2 aromatic rings. The maximum Gasteiger partial charge on any atom is 0.340 e. The van der Waals surface area contributed by atoms with Crippen molar-refractivity contribution in [3.05, 3.63) is 52.0 Å². The van der Waals surface area contributed by atoms with Crippen LogP contribution in [0.2, 0.25) is 0 Å². The average molecular weight is 498 g/mol. The van der Waals surface area contributed by atoms with Gasteiger partial charge in [-0.1, -0.05) is 35.8 Å². The number of aryl methyl sites for hydroxylation is 1. The van der Waals surface area contributed by atoms with Crippen molar-refractivity contribution in [2.24, 2.45) is 0 Å². The third kappa shape index (κ3) is 5.59. The fourth-order valence-electron chi connectivity index (χ4n) is 2.77. The lowest BCUT2D eigenvalue weighted by Crippen LogP contribution is -2.31. The molecule has 0 heterocycles. The van der Waals surface area contributed by atoms with E-state index in [2.05, 4.69) is 21.2 Å². The Morgan fingerprint density at radius 2 is 1.80 bits per heavy atom. The third-order valence-electron chi connectivity index (χ3n) is 4.36. The molecule has 2 rings (SSSR count). The van der Waals surface area contributed by atoms with Gasteiger partial charge in [0.1, 0.15) is 0 Å². The zero-order valence-electron chi connectivity index (χ0n) is 16.9. The number of rotatable bonds is 8. The van der Waals surface area contributed by atoms with Crippen LogP contribution in [0, 0.1) is 6.92 Å². The first-order chi connectivity index (χ1) is 14.1. The van der Waals surface area contributed by atoms with Crippen molar-refractivity contribution in [3.8, 4) is 0 Å². The molecule has 1 amide bonds. The fraction of sp³-hybridized carbons (Fsp3) is 0.300. The predicted octanol–water partition coefficient (Wildman–Crippen LogP) is 3.17. The van der Waals surface area contributed by atoms with Crippen LogP contribution in [-0.2, 0) is 19.6 Å². The summed E-state index contributed by atoms with van der Waals surface area (Å²) in [7, 11) is -3.68. The molecule has 0 atom stereocenters. The quantitative estimate of drug-likeness (QED) is 0.426. The number of nitrogens with two attached hydrogens (primary N) is 1. The molecule has 2 aromatic carbocycles. The van der Waals surface area contributed by atoms with Gasteiger partial charge in [-0.15, -0.1) is 0 Å². The highest BCUT2D eigenvalue weighted by Gasteiger charge is 2.24. The molecule has 3 N–H and O–H groups in total. The zero-order valence-corrected chi connectivity index (χ0v) is 19.3. The summed E-state index contributed by atoms with van der Waals surface area (Å²) in [5.74, 6) is -1.34. The second kappa shape index (κ2) is 10.1. The monoisotopic (exact) mass is 497 g/mol. The number of ether oxygens (including phenoxy) is 1. The number of amides is 1. The average Bonchev–Trinajstić information content (AvgIpc) is 2.70.